The van der Waals surface area contributed by atoms with Crippen LogP contribution in [0.5, 0.6) is 0 Å². The number of benzene rings is 1. The Labute approximate surface area is 130 Å². The molecule has 1 aromatic carbocycles. The van der Waals surface area contributed by atoms with Crippen molar-refractivity contribution in [3.8, 4) is 0 Å². The molecule has 0 aliphatic rings. The van der Waals surface area contributed by atoms with E-state index in [2.05, 4.69) is 0 Å². The van der Waals surface area contributed by atoms with Crippen LogP contribution in [0.4, 0.5) is 0 Å². The Bertz CT molecular complexity index is 652. The van der Waals surface area contributed by atoms with E-state index in [0.717, 1.165) is 5.56 Å². The molecular weight excluding hydrogens is 308 g/mol. The van der Waals surface area contributed by atoms with Crippen molar-refractivity contribution in [3.63, 3.8) is 0 Å². The number of ketones is 1. The Kier molecular flexibility index (Phi) is 5.48. The van der Waals surface area contributed by atoms with Gasteiger partial charge in [-0.05, 0) is 39.8 Å². The van der Waals surface area contributed by atoms with Gasteiger partial charge >= 0.3 is 5.97 Å². The van der Waals surface area contributed by atoms with Crippen LogP contribution in [0.1, 0.15) is 32.8 Å². The monoisotopic (exact) mass is 328 g/mol. The molecule has 1 aromatic rings. The molecule has 0 saturated carbocycles. The maximum atomic E-state index is 12.1. The molecule has 0 aliphatic carbocycles. The van der Waals surface area contributed by atoms with Crippen LogP contribution in [-0.2, 0) is 24.2 Å². The summed E-state index contributed by atoms with van der Waals surface area (Å²) in [4.78, 5) is 23.2. The van der Waals surface area contributed by atoms with Gasteiger partial charge in [-0.15, -0.1) is 0 Å². The van der Waals surface area contributed by atoms with Gasteiger partial charge in [-0.25, -0.2) is 8.42 Å². The highest BCUT2D eigenvalue weighted by Gasteiger charge is 2.33. The molecule has 0 saturated heterocycles. The normalized spacial score (nSPS) is 13.5. The van der Waals surface area contributed by atoms with Crippen LogP contribution in [0.15, 0.2) is 29.2 Å². The van der Waals surface area contributed by atoms with Crippen LogP contribution in [0, 0.1) is 6.92 Å². The third-order valence-corrected chi connectivity index (χ3v) is 4.44. The van der Waals surface area contributed by atoms with Crippen molar-refractivity contribution in [1.82, 2.24) is 0 Å². The topological polar surface area (TPSA) is 97.7 Å². The summed E-state index contributed by atoms with van der Waals surface area (Å²) in [7, 11) is -4.25. The van der Waals surface area contributed by atoms with Crippen molar-refractivity contribution in [1.29, 1.82) is 0 Å². The standard InChI is InChI=1S/C15H20O6S/c1-10-5-7-11(8-6-10)22(19,20)14(18)12(16)9-13(17)21-15(2,3)4/h5-8,14,18H,9H2,1-4H3. The van der Waals surface area contributed by atoms with Gasteiger partial charge in [0.05, 0.1) is 4.90 Å². The quantitative estimate of drug-likeness (QED) is 0.648. The summed E-state index contributed by atoms with van der Waals surface area (Å²) in [5.74, 6) is -1.99. The maximum absolute atomic E-state index is 12.1. The molecule has 22 heavy (non-hydrogen) atoms. The van der Waals surface area contributed by atoms with E-state index in [-0.39, 0.29) is 4.90 Å². The van der Waals surface area contributed by atoms with Gasteiger partial charge in [0.15, 0.2) is 5.78 Å². The zero-order valence-corrected chi connectivity index (χ0v) is 13.8. The summed E-state index contributed by atoms with van der Waals surface area (Å²) in [6.07, 6.45) is -0.802. The fourth-order valence-electron chi connectivity index (χ4n) is 1.64. The van der Waals surface area contributed by atoms with Gasteiger partial charge in [0.25, 0.3) is 0 Å². The number of carbonyl (C=O) groups is 2. The van der Waals surface area contributed by atoms with Crippen molar-refractivity contribution in [2.24, 2.45) is 0 Å². The number of aliphatic hydroxyl groups excluding tert-OH is 1. The van der Waals surface area contributed by atoms with Crippen LogP contribution >= 0.6 is 0 Å². The van der Waals surface area contributed by atoms with Crippen molar-refractivity contribution in [2.75, 3.05) is 0 Å². The van der Waals surface area contributed by atoms with Crippen molar-refractivity contribution in [2.45, 2.75) is 50.0 Å². The van der Waals surface area contributed by atoms with Crippen LogP contribution in [0.2, 0.25) is 0 Å². The summed E-state index contributed by atoms with van der Waals surface area (Å²) in [5.41, 5.74) is -2.24. The molecule has 6 nitrogen and oxygen atoms in total. The first-order valence-electron chi connectivity index (χ1n) is 6.67. The van der Waals surface area contributed by atoms with E-state index >= 15 is 0 Å². The first kappa shape index (κ1) is 18.3. The first-order chi connectivity index (χ1) is 9.93. The summed E-state index contributed by atoms with van der Waals surface area (Å²) in [5, 5.41) is 9.77. The third-order valence-electron chi connectivity index (χ3n) is 2.66. The smallest absolute Gasteiger partial charge is 0.313 e. The molecule has 0 bridgehead atoms. The number of aryl methyl sites for hydroxylation is 1. The minimum atomic E-state index is -4.25. The van der Waals surface area contributed by atoms with Gasteiger partial charge in [0.2, 0.25) is 15.3 Å². The van der Waals surface area contributed by atoms with Crippen LogP contribution in [-0.4, -0.2) is 36.3 Å². The number of hydrogen-bond acceptors (Lipinski definition) is 6. The predicted octanol–water partition coefficient (Wildman–Crippen LogP) is 1.39. The molecule has 0 spiro atoms. The number of carbonyl (C=O) groups excluding carboxylic acids is 2. The highest BCUT2D eigenvalue weighted by atomic mass is 32.2. The third kappa shape index (κ3) is 4.92. The lowest BCUT2D eigenvalue weighted by molar-refractivity contribution is -0.156. The molecule has 122 valence electrons. The van der Waals surface area contributed by atoms with Crippen molar-refractivity contribution >= 4 is 21.6 Å². The number of hydrogen-bond donors (Lipinski definition) is 1. The lowest BCUT2D eigenvalue weighted by atomic mass is 10.2. The molecule has 1 N–H and O–H groups in total. The molecule has 1 atom stereocenters. The van der Waals surface area contributed by atoms with Crippen molar-refractivity contribution in [3.05, 3.63) is 29.8 Å². The fourth-order valence-corrected chi connectivity index (χ4v) is 2.84. The number of esters is 1. The van der Waals surface area contributed by atoms with E-state index in [9.17, 15) is 23.1 Å². The highest BCUT2D eigenvalue weighted by molar-refractivity contribution is 7.92. The van der Waals surface area contributed by atoms with Gasteiger partial charge in [-0.1, -0.05) is 17.7 Å². The van der Waals surface area contributed by atoms with E-state index < -0.39 is 39.0 Å². The van der Waals surface area contributed by atoms with E-state index in [1.165, 1.54) is 12.1 Å². The molecule has 0 radical (unpaired) electrons. The summed E-state index contributed by atoms with van der Waals surface area (Å²) in [6, 6.07) is 5.71. The lowest BCUT2D eigenvalue weighted by Gasteiger charge is -2.19. The van der Waals surface area contributed by atoms with Crippen LogP contribution < -0.4 is 0 Å². The maximum Gasteiger partial charge on any atom is 0.313 e. The second-order valence-electron chi connectivity index (χ2n) is 5.94. The number of aliphatic hydroxyl groups is 1. The zero-order chi connectivity index (χ0) is 17.1. The largest absolute Gasteiger partial charge is 0.460 e. The van der Waals surface area contributed by atoms with E-state index in [0.29, 0.717) is 0 Å². The fraction of sp³-hybridized carbons (Fsp3) is 0.467. The summed E-state index contributed by atoms with van der Waals surface area (Å²) >= 11 is 0. The van der Waals surface area contributed by atoms with Gasteiger partial charge < -0.3 is 9.84 Å². The van der Waals surface area contributed by atoms with Crippen LogP contribution in [0.25, 0.3) is 0 Å². The molecule has 7 heteroatoms. The second-order valence-corrected chi connectivity index (χ2v) is 7.95. The molecule has 1 unspecified atom stereocenters. The molecule has 0 amide bonds. The molecule has 1 rings (SSSR count). The van der Waals surface area contributed by atoms with E-state index in [1.807, 2.05) is 0 Å². The molecule has 0 aromatic heterocycles. The first-order valence-corrected chi connectivity index (χ1v) is 8.21. The average Bonchev–Trinajstić information content (AvgIpc) is 2.35. The molecule has 0 fully saturated rings. The zero-order valence-electron chi connectivity index (χ0n) is 13.0. The van der Waals surface area contributed by atoms with Gasteiger partial charge in [0.1, 0.15) is 12.0 Å². The minimum absolute atomic E-state index is 0.178. The second kappa shape index (κ2) is 6.58. The number of Topliss-reactive ketones (excluding diaryl/α,β-unsaturated/α-hetero) is 1. The SMILES string of the molecule is Cc1ccc(S(=O)(=O)C(O)C(=O)CC(=O)OC(C)(C)C)cc1. The Hall–Kier alpha value is -1.73. The van der Waals surface area contributed by atoms with E-state index in [4.69, 9.17) is 4.74 Å². The Morgan fingerprint density at radius 3 is 2.14 bits per heavy atom. The minimum Gasteiger partial charge on any atom is -0.460 e. The van der Waals surface area contributed by atoms with Gasteiger partial charge in [-0.2, -0.15) is 0 Å². The average molecular weight is 328 g/mol. The molecule has 0 aliphatic heterocycles. The number of rotatable bonds is 5. The summed E-state index contributed by atoms with van der Waals surface area (Å²) in [6.45, 7) is 6.64. The van der Waals surface area contributed by atoms with E-state index in [1.54, 1.807) is 39.8 Å². The predicted molar refractivity (Wildman–Crippen MR) is 79.8 cm³/mol. The highest BCUT2D eigenvalue weighted by Crippen LogP contribution is 2.17. The Morgan fingerprint density at radius 2 is 1.68 bits per heavy atom. The van der Waals surface area contributed by atoms with Crippen molar-refractivity contribution < 1.29 is 27.9 Å². The Balaban J connectivity index is 2.86. The molecular formula is C15H20O6S. The number of sulfone groups is 1. The number of ether oxygens (including phenoxy) is 1. The lowest BCUT2D eigenvalue weighted by Crippen LogP contribution is -2.33. The molecule has 0 heterocycles. The van der Waals surface area contributed by atoms with Gasteiger partial charge in [-0.3, -0.25) is 9.59 Å². The Morgan fingerprint density at radius 1 is 1.18 bits per heavy atom. The summed E-state index contributed by atoms with van der Waals surface area (Å²) < 4.78 is 29.2. The van der Waals surface area contributed by atoms with Gasteiger partial charge in [0, 0.05) is 0 Å². The van der Waals surface area contributed by atoms with Crippen LogP contribution in [0.3, 0.4) is 0 Å².